The number of hydrogen-bond donors (Lipinski definition) is 2. The maximum Gasteiger partial charge on any atom is 0.248 e. The van der Waals surface area contributed by atoms with Crippen LogP contribution >= 0.6 is 28.1 Å². The van der Waals surface area contributed by atoms with Gasteiger partial charge in [0.1, 0.15) is 0 Å². The molecule has 5 nitrogen and oxygen atoms in total. The van der Waals surface area contributed by atoms with Crippen LogP contribution in [-0.4, -0.2) is 41.2 Å². The lowest BCUT2D eigenvalue weighted by Gasteiger charge is -2.38. The van der Waals surface area contributed by atoms with Crippen molar-refractivity contribution in [3.05, 3.63) is 68.4 Å². The molecule has 7 heteroatoms. The summed E-state index contributed by atoms with van der Waals surface area (Å²) in [5, 5.41) is 5.08. The van der Waals surface area contributed by atoms with Crippen LogP contribution in [0.15, 0.2) is 51.7 Å². The van der Waals surface area contributed by atoms with Crippen LogP contribution in [0.1, 0.15) is 11.1 Å². The Balaban J connectivity index is 1.42. The van der Waals surface area contributed by atoms with Crippen LogP contribution in [0, 0.1) is 13.8 Å². The minimum absolute atomic E-state index is 0.0888. The summed E-state index contributed by atoms with van der Waals surface area (Å²) in [6.07, 6.45) is 0. The number of aryl methyl sites for hydroxylation is 2. The number of H-pyrrole nitrogens is 1. The van der Waals surface area contributed by atoms with E-state index >= 15 is 0 Å². The molecule has 3 aromatic rings. The third-order valence-electron chi connectivity index (χ3n) is 5.37. The van der Waals surface area contributed by atoms with E-state index in [-0.39, 0.29) is 5.56 Å². The minimum atomic E-state index is -0.0888. The van der Waals surface area contributed by atoms with Crippen LogP contribution < -0.4 is 15.8 Å². The molecule has 2 N–H and O–H groups in total. The van der Waals surface area contributed by atoms with Crippen LogP contribution in [-0.2, 0) is 0 Å². The highest BCUT2D eigenvalue weighted by molar-refractivity contribution is 9.10. The summed E-state index contributed by atoms with van der Waals surface area (Å²) in [6, 6.07) is 14.0. The summed E-state index contributed by atoms with van der Waals surface area (Å²) in [4.78, 5) is 19.3. The molecule has 0 radical (unpaired) electrons. The monoisotopic (exact) mass is 470 g/mol. The number of anilines is 2. The van der Waals surface area contributed by atoms with E-state index in [9.17, 15) is 4.79 Å². The van der Waals surface area contributed by atoms with Crippen LogP contribution in [0.25, 0.3) is 10.9 Å². The summed E-state index contributed by atoms with van der Waals surface area (Å²) in [6.45, 7) is 7.67. The van der Waals surface area contributed by atoms with E-state index < -0.39 is 0 Å². The van der Waals surface area contributed by atoms with Crippen molar-refractivity contribution in [1.29, 1.82) is 0 Å². The number of nitrogens with zero attached hydrogens (tertiary/aromatic N) is 2. The molecular weight excluding hydrogens is 448 g/mol. The summed E-state index contributed by atoms with van der Waals surface area (Å²) >= 11 is 9.18. The van der Waals surface area contributed by atoms with Crippen molar-refractivity contribution in [3.8, 4) is 0 Å². The first-order valence-electron chi connectivity index (χ1n) is 9.61. The number of nitrogens with one attached hydrogen (secondary N) is 2. The van der Waals surface area contributed by atoms with Gasteiger partial charge < -0.3 is 20.1 Å². The number of hydrogen-bond acceptors (Lipinski definition) is 3. The van der Waals surface area contributed by atoms with Crippen LogP contribution in [0.2, 0.25) is 0 Å². The fraction of sp³-hybridized carbons (Fsp3) is 0.273. The van der Waals surface area contributed by atoms with Gasteiger partial charge in [0.25, 0.3) is 0 Å². The lowest BCUT2D eigenvalue weighted by molar-refractivity contribution is 0.390. The zero-order valence-electron chi connectivity index (χ0n) is 16.5. The quantitative estimate of drug-likeness (QED) is 0.542. The summed E-state index contributed by atoms with van der Waals surface area (Å²) in [5.74, 6) is 0. The molecule has 0 unspecified atom stereocenters. The molecule has 0 atom stereocenters. The van der Waals surface area contributed by atoms with E-state index in [4.69, 9.17) is 12.2 Å². The molecule has 1 aliphatic heterocycles. The van der Waals surface area contributed by atoms with Crippen molar-refractivity contribution in [1.82, 2.24) is 9.88 Å². The van der Waals surface area contributed by atoms with E-state index in [1.54, 1.807) is 6.07 Å². The highest BCUT2D eigenvalue weighted by Crippen LogP contribution is 2.25. The second kappa shape index (κ2) is 8.16. The van der Waals surface area contributed by atoms with E-state index in [0.29, 0.717) is 5.11 Å². The topological polar surface area (TPSA) is 51.4 Å². The molecule has 0 saturated carbocycles. The second-order valence-electron chi connectivity index (χ2n) is 7.41. The Morgan fingerprint density at radius 2 is 1.79 bits per heavy atom. The highest BCUT2D eigenvalue weighted by atomic mass is 79.9. The van der Waals surface area contributed by atoms with Gasteiger partial charge in [-0.15, -0.1) is 0 Å². The number of aromatic nitrogens is 1. The molecule has 0 aliphatic carbocycles. The van der Waals surface area contributed by atoms with E-state index in [2.05, 4.69) is 61.2 Å². The van der Waals surface area contributed by atoms with Crippen molar-refractivity contribution < 1.29 is 0 Å². The van der Waals surface area contributed by atoms with Crippen LogP contribution in [0.4, 0.5) is 11.4 Å². The van der Waals surface area contributed by atoms with E-state index in [1.165, 1.54) is 11.3 Å². The molecule has 2 aromatic carbocycles. The smallest absolute Gasteiger partial charge is 0.248 e. The Labute approximate surface area is 183 Å². The number of fused-ring (bicyclic) bond motifs is 1. The Hall–Kier alpha value is -2.38. The Morgan fingerprint density at radius 3 is 2.52 bits per heavy atom. The average Bonchev–Trinajstić information content (AvgIpc) is 2.68. The molecule has 1 fully saturated rings. The van der Waals surface area contributed by atoms with E-state index in [0.717, 1.165) is 52.8 Å². The first-order valence-corrected chi connectivity index (χ1v) is 10.8. The third-order valence-corrected chi connectivity index (χ3v) is 6.22. The van der Waals surface area contributed by atoms with Gasteiger partial charge in [-0.2, -0.15) is 0 Å². The maximum absolute atomic E-state index is 11.8. The molecule has 150 valence electrons. The summed E-state index contributed by atoms with van der Waals surface area (Å²) in [7, 11) is 0. The van der Waals surface area contributed by atoms with E-state index in [1.807, 2.05) is 25.1 Å². The van der Waals surface area contributed by atoms with Gasteiger partial charge in [-0.3, -0.25) is 4.79 Å². The van der Waals surface area contributed by atoms with Gasteiger partial charge in [0.05, 0.1) is 5.52 Å². The normalized spacial score (nSPS) is 14.3. The molecule has 4 rings (SSSR count). The van der Waals surface area contributed by atoms with Crippen molar-refractivity contribution >= 4 is 55.5 Å². The maximum atomic E-state index is 11.8. The van der Waals surface area contributed by atoms with Crippen LogP contribution in [0.5, 0.6) is 0 Å². The number of halogens is 1. The second-order valence-corrected chi connectivity index (χ2v) is 8.71. The first-order chi connectivity index (χ1) is 13.9. The number of thiocarbonyl (C=S) groups is 1. The van der Waals surface area contributed by atoms with Gasteiger partial charge in [0.2, 0.25) is 5.56 Å². The zero-order chi connectivity index (χ0) is 20.5. The fourth-order valence-electron chi connectivity index (χ4n) is 3.84. The SMILES string of the molecule is Cc1cc(Br)ccc1N1CCN(C(=S)Nc2ccc3c(C)cc(=O)[nH]c3c2)CC1. The predicted octanol–water partition coefficient (Wildman–Crippen LogP) is 4.43. The van der Waals surface area contributed by atoms with Crippen molar-refractivity contribution in [2.45, 2.75) is 13.8 Å². The number of rotatable bonds is 2. The summed E-state index contributed by atoms with van der Waals surface area (Å²) < 4.78 is 1.11. The molecule has 0 bridgehead atoms. The average molecular weight is 471 g/mol. The number of pyridine rings is 1. The highest BCUT2D eigenvalue weighted by Gasteiger charge is 2.20. The molecule has 0 amide bonds. The van der Waals surface area contributed by atoms with Gasteiger partial charge >= 0.3 is 0 Å². The Morgan fingerprint density at radius 1 is 1.03 bits per heavy atom. The Kier molecular flexibility index (Phi) is 5.61. The van der Waals surface area contributed by atoms with Crippen molar-refractivity contribution in [2.75, 3.05) is 36.4 Å². The van der Waals surface area contributed by atoms with Gasteiger partial charge in [-0.1, -0.05) is 22.0 Å². The Bertz CT molecular complexity index is 1140. The summed E-state index contributed by atoms with van der Waals surface area (Å²) in [5.41, 5.74) is 5.13. The third kappa shape index (κ3) is 4.31. The van der Waals surface area contributed by atoms with Gasteiger partial charge in [0, 0.05) is 53.5 Å². The van der Waals surface area contributed by atoms with Gasteiger partial charge in [0.15, 0.2) is 5.11 Å². The predicted molar refractivity (Wildman–Crippen MR) is 128 cm³/mol. The molecule has 29 heavy (non-hydrogen) atoms. The van der Waals surface area contributed by atoms with Crippen LogP contribution in [0.3, 0.4) is 0 Å². The number of piperazine rings is 1. The molecule has 1 aromatic heterocycles. The molecule has 1 aliphatic rings. The number of aromatic amines is 1. The number of benzene rings is 2. The standard InChI is InChI=1S/C22H23BrN4OS/c1-14-12-21(28)25-19-13-17(4-5-18(14)19)24-22(29)27-9-7-26(8-10-27)20-6-3-16(23)11-15(20)2/h3-6,11-13H,7-10H2,1-2H3,(H,24,29)(H,25,28). The first kappa shape index (κ1) is 19.9. The van der Waals surface area contributed by atoms with Gasteiger partial charge in [-0.05, 0) is 67.5 Å². The molecule has 1 saturated heterocycles. The van der Waals surface area contributed by atoms with Crippen molar-refractivity contribution in [3.63, 3.8) is 0 Å². The van der Waals surface area contributed by atoms with Crippen molar-refractivity contribution in [2.24, 2.45) is 0 Å². The van der Waals surface area contributed by atoms with Gasteiger partial charge in [-0.25, -0.2) is 0 Å². The molecule has 2 heterocycles. The lowest BCUT2D eigenvalue weighted by Crippen LogP contribution is -2.50. The zero-order valence-corrected chi connectivity index (χ0v) is 18.9. The minimum Gasteiger partial charge on any atom is -0.368 e. The molecule has 0 spiro atoms. The fourth-order valence-corrected chi connectivity index (χ4v) is 4.62. The largest absolute Gasteiger partial charge is 0.368 e. The lowest BCUT2D eigenvalue weighted by atomic mass is 10.1. The molecular formula is C22H23BrN4OS.